The lowest BCUT2D eigenvalue weighted by Crippen LogP contribution is -2.27. The van der Waals surface area contributed by atoms with Crippen molar-refractivity contribution in [1.29, 1.82) is 0 Å². The van der Waals surface area contributed by atoms with Crippen LogP contribution in [0.3, 0.4) is 0 Å². The summed E-state index contributed by atoms with van der Waals surface area (Å²) in [5, 5.41) is -0.446. The van der Waals surface area contributed by atoms with E-state index in [1.165, 1.54) is 9.36 Å². The molecule has 1 aliphatic rings. The minimum Gasteiger partial charge on any atom is -0.431 e. The van der Waals surface area contributed by atoms with Crippen LogP contribution < -0.4 is 5.56 Å². The van der Waals surface area contributed by atoms with Gasteiger partial charge >= 0.3 is 12.1 Å². The molecule has 0 unspecified atom stereocenters. The van der Waals surface area contributed by atoms with E-state index in [4.69, 9.17) is 23.2 Å². The topological polar surface area (TPSA) is 53.0 Å². The molecule has 4 rings (SSSR count). The molecule has 5 nitrogen and oxygen atoms in total. The standard InChI is InChI=1S/C15H9Cl2F4N3O2/c16-6-5-7(18)8(10-11(6)26-14(22-10)15(19,20)21)9-12(17)23-3-1-2-4-24(23)13(9)25/h5H,1-4H2. The SMILES string of the molecule is O=c1c(-c2c(F)cc(Cl)c3oc(C(F)(F)F)nc23)c(Cl)n2n1CCCC2. The van der Waals surface area contributed by atoms with Gasteiger partial charge in [-0.2, -0.15) is 13.2 Å². The third-order valence-electron chi connectivity index (χ3n) is 4.23. The Morgan fingerprint density at radius 2 is 1.77 bits per heavy atom. The van der Waals surface area contributed by atoms with Gasteiger partial charge in [0.25, 0.3) is 5.56 Å². The fourth-order valence-corrected chi connectivity index (χ4v) is 3.68. The van der Waals surface area contributed by atoms with Crippen LogP contribution >= 0.6 is 23.2 Å². The highest BCUT2D eigenvalue weighted by molar-refractivity contribution is 6.36. The minimum atomic E-state index is -4.89. The number of oxazole rings is 1. The first-order valence-electron chi connectivity index (χ1n) is 7.55. The third-order valence-corrected chi connectivity index (χ3v) is 4.89. The monoisotopic (exact) mass is 409 g/mol. The molecule has 0 fully saturated rings. The molecule has 0 amide bonds. The van der Waals surface area contributed by atoms with Crippen LogP contribution in [0.4, 0.5) is 17.6 Å². The number of hydrogen-bond donors (Lipinski definition) is 0. The van der Waals surface area contributed by atoms with E-state index in [1.54, 1.807) is 0 Å². The highest BCUT2D eigenvalue weighted by Gasteiger charge is 2.39. The largest absolute Gasteiger partial charge is 0.468 e. The molecular weight excluding hydrogens is 401 g/mol. The summed E-state index contributed by atoms with van der Waals surface area (Å²) in [5.74, 6) is -2.59. The molecule has 1 aromatic carbocycles. The predicted molar refractivity (Wildman–Crippen MR) is 85.9 cm³/mol. The minimum absolute atomic E-state index is 0.0613. The Bertz CT molecular complexity index is 1100. The number of fused-ring (bicyclic) bond motifs is 2. The Morgan fingerprint density at radius 3 is 2.38 bits per heavy atom. The van der Waals surface area contributed by atoms with E-state index in [9.17, 15) is 22.4 Å². The van der Waals surface area contributed by atoms with Gasteiger partial charge in [-0.1, -0.05) is 23.2 Å². The average molecular weight is 410 g/mol. The number of rotatable bonds is 1. The summed E-state index contributed by atoms with van der Waals surface area (Å²) in [6, 6.07) is 0.779. The zero-order valence-electron chi connectivity index (χ0n) is 12.8. The van der Waals surface area contributed by atoms with Crippen LogP contribution in [0.2, 0.25) is 10.2 Å². The van der Waals surface area contributed by atoms with E-state index in [1.807, 2.05) is 0 Å². The van der Waals surface area contributed by atoms with E-state index >= 15 is 0 Å². The van der Waals surface area contributed by atoms with Crippen molar-refractivity contribution in [3.63, 3.8) is 0 Å². The summed E-state index contributed by atoms with van der Waals surface area (Å²) in [7, 11) is 0. The van der Waals surface area contributed by atoms with Crippen molar-refractivity contribution in [3.8, 4) is 11.1 Å². The van der Waals surface area contributed by atoms with Crippen LogP contribution in [0.1, 0.15) is 18.7 Å². The van der Waals surface area contributed by atoms with Crippen LogP contribution in [-0.2, 0) is 19.3 Å². The summed E-state index contributed by atoms with van der Waals surface area (Å²) in [4.78, 5) is 16.0. The molecule has 2 aromatic heterocycles. The fraction of sp³-hybridized carbons (Fsp3) is 0.333. The summed E-state index contributed by atoms with van der Waals surface area (Å²) < 4.78 is 61.0. The second-order valence-corrected chi connectivity index (χ2v) is 6.60. The van der Waals surface area contributed by atoms with Crippen molar-refractivity contribution in [2.75, 3.05) is 0 Å². The predicted octanol–water partition coefficient (Wildman–Crippen LogP) is 4.72. The molecule has 26 heavy (non-hydrogen) atoms. The summed E-state index contributed by atoms with van der Waals surface area (Å²) in [5.41, 5.74) is -2.26. The molecular formula is C15H9Cl2F4N3O2. The van der Waals surface area contributed by atoms with Gasteiger partial charge in [-0.15, -0.1) is 0 Å². The number of alkyl halides is 3. The molecule has 0 N–H and O–H groups in total. The Hall–Kier alpha value is -2.00. The molecule has 138 valence electrons. The lowest BCUT2D eigenvalue weighted by Gasteiger charge is -2.17. The van der Waals surface area contributed by atoms with E-state index in [0.717, 1.165) is 18.9 Å². The molecule has 0 saturated carbocycles. The Balaban J connectivity index is 2.09. The van der Waals surface area contributed by atoms with Crippen molar-refractivity contribution in [3.05, 3.63) is 38.3 Å². The molecule has 1 aliphatic heterocycles. The number of aromatic nitrogens is 3. The first kappa shape index (κ1) is 17.4. The quantitative estimate of drug-likeness (QED) is 0.546. The molecule has 0 spiro atoms. The number of hydrogen-bond acceptors (Lipinski definition) is 3. The van der Waals surface area contributed by atoms with Gasteiger partial charge in [-0.3, -0.25) is 9.48 Å². The molecule has 11 heteroatoms. The maximum absolute atomic E-state index is 14.6. The summed E-state index contributed by atoms with van der Waals surface area (Å²) >= 11 is 12.1. The molecule has 0 aliphatic carbocycles. The van der Waals surface area contributed by atoms with Crippen molar-refractivity contribution < 1.29 is 22.0 Å². The van der Waals surface area contributed by atoms with Crippen LogP contribution in [0.5, 0.6) is 0 Å². The zero-order chi connectivity index (χ0) is 18.8. The van der Waals surface area contributed by atoms with Gasteiger partial charge in [0.15, 0.2) is 5.58 Å². The fourth-order valence-electron chi connectivity index (χ4n) is 3.11. The Labute approximate surface area is 152 Å². The van der Waals surface area contributed by atoms with Crippen molar-refractivity contribution in [1.82, 2.24) is 14.3 Å². The second-order valence-electron chi connectivity index (χ2n) is 5.83. The van der Waals surface area contributed by atoms with Crippen molar-refractivity contribution in [2.45, 2.75) is 32.1 Å². The first-order valence-corrected chi connectivity index (χ1v) is 8.31. The molecule has 0 radical (unpaired) electrons. The lowest BCUT2D eigenvalue weighted by atomic mass is 10.1. The number of nitrogens with zero attached hydrogens (tertiary/aromatic N) is 3. The highest BCUT2D eigenvalue weighted by atomic mass is 35.5. The van der Waals surface area contributed by atoms with Gasteiger partial charge < -0.3 is 4.42 Å². The van der Waals surface area contributed by atoms with Gasteiger partial charge in [-0.25, -0.2) is 14.1 Å². The molecule has 0 saturated heterocycles. The highest BCUT2D eigenvalue weighted by Crippen LogP contribution is 2.40. The summed E-state index contributed by atoms with van der Waals surface area (Å²) in [6.45, 7) is 0.822. The van der Waals surface area contributed by atoms with E-state index in [0.29, 0.717) is 13.1 Å². The second kappa shape index (κ2) is 5.75. The average Bonchev–Trinajstić information content (AvgIpc) is 3.12. The molecule has 3 heterocycles. The van der Waals surface area contributed by atoms with Crippen molar-refractivity contribution in [2.24, 2.45) is 0 Å². The molecule has 0 bridgehead atoms. The van der Waals surface area contributed by atoms with Crippen LogP contribution in [0.25, 0.3) is 22.2 Å². The lowest BCUT2D eigenvalue weighted by molar-refractivity contribution is -0.156. The smallest absolute Gasteiger partial charge is 0.431 e. The number of halogens is 6. The van der Waals surface area contributed by atoms with E-state index in [-0.39, 0.29) is 15.7 Å². The van der Waals surface area contributed by atoms with Crippen LogP contribution in [0.15, 0.2) is 15.3 Å². The van der Waals surface area contributed by atoms with E-state index < -0.39 is 40.1 Å². The van der Waals surface area contributed by atoms with E-state index in [2.05, 4.69) is 9.40 Å². The maximum Gasteiger partial charge on any atom is 0.468 e. The van der Waals surface area contributed by atoms with Crippen LogP contribution in [-0.4, -0.2) is 14.3 Å². The third kappa shape index (κ3) is 2.44. The molecule has 3 aromatic rings. The number of benzene rings is 1. The maximum atomic E-state index is 14.6. The van der Waals surface area contributed by atoms with Crippen molar-refractivity contribution >= 4 is 34.3 Å². The summed E-state index contributed by atoms with van der Waals surface area (Å²) in [6.07, 6.45) is -3.39. The van der Waals surface area contributed by atoms with Crippen LogP contribution in [0, 0.1) is 5.82 Å². The molecule has 0 atom stereocenters. The Morgan fingerprint density at radius 1 is 1.12 bits per heavy atom. The first-order chi connectivity index (χ1) is 12.2. The van der Waals surface area contributed by atoms with Gasteiger partial charge in [-0.05, 0) is 18.9 Å². The van der Waals surface area contributed by atoms with Gasteiger partial charge in [0.1, 0.15) is 16.5 Å². The van der Waals surface area contributed by atoms with Gasteiger partial charge in [0, 0.05) is 13.1 Å². The zero-order valence-corrected chi connectivity index (χ0v) is 14.3. The van der Waals surface area contributed by atoms with Gasteiger partial charge in [0.2, 0.25) is 0 Å². The Kier molecular flexibility index (Phi) is 3.85. The normalized spacial score (nSPS) is 14.8. The van der Waals surface area contributed by atoms with Gasteiger partial charge in [0.05, 0.1) is 16.1 Å².